The normalized spacial score (nSPS) is 28.6. The standard InChI is InChI=1S/C18H28N2O2S/c1-15-18(16-5-3-2-4-6-16)20(9-12-23-15)14-17(21)13-19-7-10-22-11-8-19/h2-6,15,17-18,21H,7-14H2,1H3/t15-,17+,18+/m0/s1. The number of aliphatic hydroxyl groups is 1. The maximum atomic E-state index is 10.6. The topological polar surface area (TPSA) is 35.9 Å². The molecule has 1 N–H and O–H groups in total. The fourth-order valence-electron chi connectivity index (χ4n) is 3.63. The van der Waals surface area contributed by atoms with Crippen molar-refractivity contribution in [2.75, 3.05) is 51.7 Å². The third kappa shape index (κ3) is 4.70. The van der Waals surface area contributed by atoms with Crippen LogP contribution in [-0.2, 0) is 4.74 Å². The number of β-amino-alcohol motifs (C(OH)–C–C–N with tert-alkyl or cyclic N) is 1. The van der Waals surface area contributed by atoms with Crippen molar-refractivity contribution in [2.45, 2.75) is 24.3 Å². The van der Waals surface area contributed by atoms with Gasteiger partial charge in [0.2, 0.25) is 0 Å². The molecule has 23 heavy (non-hydrogen) atoms. The summed E-state index contributed by atoms with van der Waals surface area (Å²) in [4.78, 5) is 4.79. The smallest absolute Gasteiger partial charge is 0.0794 e. The van der Waals surface area contributed by atoms with Gasteiger partial charge in [0.15, 0.2) is 0 Å². The molecular formula is C18H28N2O2S. The van der Waals surface area contributed by atoms with E-state index in [4.69, 9.17) is 4.74 Å². The summed E-state index contributed by atoms with van der Waals surface area (Å²) in [5, 5.41) is 11.1. The van der Waals surface area contributed by atoms with Crippen LogP contribution in [0.4, 0.5) is 0 Å². The first kappa shape index (κ1) is 17.2. The Kier molecular flexibility index (Phi) is 6.36. The highest BCUT2D eigenvalue weighted by atomic mass is 32.2. The number of morpholine rings is 1. The first-order valence-corrected chi connectivity index (χ1v) is 9.67. The van der Waals surface area contributed by atoms with Crippen LogP contribution in [0.5, 0.6) is 0 Å². The van der Waals surface area contributed by atoms with Gasteiger partial charge < -0.3 is 9.84 Å². The second-order valence-electron chi connectivity index (χ2n) is 6.49. The summed E-state index contributed by atoms with van der Waals surface area (Å²) in [5.41, 5.74) is 1.37. The van der Waals surface area contributed by atoms with Crippen LogP contribution in [0.25, 0.3) is 0 Å². The van der Waals surface area contributed by atoms with E-state index in [1.165, 1.54) is 5.56 Å². The van der Waals surface area contributed by atoms with Crippen LogP contribution in [0.2, 0.25) is 0 Å². The number of ether oxygens (including phenoxy) is 1. The van der Waals surface area contributed by atoms with E-state index in [1.807, 2.05) is 11.8 Å². The van der Waals surface area contributed by atoms with Crippen LogP contribution in [-0.4, -0.2) is 78.0 Å². The van der Waals surface area contributed by atoms with Gasteiger partial charge in [0.1, 0.15) is 0 Å². The first-order valence-electron chi connectivity index (χ1n) is 8.63. The van der Waals surface area contributed by atoms with Crippen molar-refractivity contribution in [3.8, 4) is 0 Å². The highest BCUT2D eigenvalue weighted by Gasteiger charge is 2.31. The molecule has 4 nitrogen and oxygen atoms in total. The molecule has 0 spiro atoms. The van der Waals surface area contributed by atoms with Crippen molar-refractivity contribution < 1.29 is 9.84 Å². The predicted octanol–water partition coefficient (Wildman–Crippen LogP) is 1.86. The summed E-state index contributed by atoms with van der Waals surface area (Å²) < 4.78 is 5.38. The lowest BCUT2D eigenvalue weighted by Crippen LogP contribution is -2.48. The average molecular weight is 337 g/mol. The van der Waals surface area contributed by atoms with Gasteiger partial charge in [-0.1, -0.05) is 37.3 Å². The lowest BCUT2D eigenvalue weighted by molar-refractivity contribution is 0.00313. The predicted molar refractivity (Wildman–Crippen MR) is 95.9 cm³/mol. The van der Waals surface area contributed by atoms with Crippen molar-refractivity contribution in [2.24, 2.45) is 0 Å². The minimum atomic E-state index is -0.297. The molecule has 0 aliphatic carbocycles. The van der Waals surface area contributed by atoms with Gasteiger partial charge in [0.05, 0.1) is 19.3 Å². The molecule has 2 heterocycles. The molecule has 5 heteroatoms. The van der Waals surface area contributed by atoms with Gasteiger partial charge in [0, 0.05) is 49.8 Å². The Morgan fingerprint density at radius 2 is 1.91 bits per heavy atom. The number of nitrogens with zero attached hydrogens (tertiary/aromatic N) is 2. The molecular weight excluding hydrogens is 308 g/mol. The maximum Gasteiger partial charge on any atom is 0.0794 e. The van der Waals surface area contributed by atoms with Crippen LogP contribution in [0.1, 0.15) is 18.5 Å². The number of hydrogen-bond acceptors (Lipinski definition) is 5. The van der Waals surface area contributed by atoms with Crippen LogP contribution < -0.4 is 0 Å². The summed E-state index contributed by atoms with van der Waals surface area (Å²) >= 11 is 2.04. The summed E-state index contributed by atoms with van der Waals surface area (Å²) in [6.45, 7) is 8.31. The highest BCUT2D eigenvalue weighted by Crippen LogP contribution is 2.35. The van der Waals surface area contributed by atoms with E-state index in [1.54, 1.807) is 0 Å². The largest absolute Gasteiger partial charge is 0.390 e. The second-order valence-corrected chi connectivity index (χ2v) is 7.98. The maximum absolute atomic E-state index is 10.6. The lowest BCUT2D eigenvalue weighted by Gasteiger charge is -2.41. The average Bonchev–Trinajstić information content (AvgIpc) is 2.56. The molecule has 0 unspecified atom stereocenters. The third-order valence-electron chi connectivity index (χ3n) is 4.76. The molecule has 128 valence electrons. The molecule has 2 aliphatic rings. The minimum Gasteiger partial charge on any atom is -0.390 e. The zero-order valence-corrected chi connectivity index (χ0v) is 14.8. The number of thioether (sulfide) groups is 1. The second kappa shape index (κ2) is 8.49. The molecule has 0 bridgehead atoms. The summed E-state index contributed by atoms with van der Waals surface area (Å²) in [7, 11) is 0. The van der Waals surface area contributed by atoms with E-state index in [2.05, 4.69) is 47.1 Å². The van der Waals surface area contributed by atoms with Gasteiger partial charge in [-0.3, -0.25) is 9.80 Å². The quantitative estimate of drug-likeness (QED) is 0.888. The molecule has 0 saturated carbocycles. The summed E-state index contributed by atoms with van der Waals surface area (Å²) in [6.07, 6.45) is -0.297. The zero-order chi connectivity index (χ0) is 16.1. The van der Waals surface area contributed by atoms with Crippen molar-refractivity contribution in [3.05, 3.63) is 35.9 Å². The van der Waals surface area contributed by atoms with E-state index in [0.29, 0.717) is 11.3 Å². The van der Waals surface area contributed by atoms with Crippen LogP contribution in [0.15, 0.2) is 30.3 Å². The lowest BCUT2D eigenvalue weighted by atomic mass is 10.0. The number of rotatable bonds is 5. The number of aliphatic hydroxyl groups excluding tert-OH is 1. The minimum absolute atomic E-state index is 0.297. The summed E-state index contributed by atoms with van der Waals surface area (Å²) in [5.74, 6) is 1.15. The molecule has 3 rings (SSSR count). The van der Waals surface area contributed by atoms with E-state index >= 15 is 0 Å². The fourth-order valence-corrected chi connectivity index (χ4v) is 4.85. The Labute approximate surface area is 143 Å². The van der Waals surface area contributed by atoms with Crippen molar-refractivity contribution in [1.29, 1.82) is 0 Å². The zero-order valence-electron chi connectivity index (χ0n) is 13.9. The van der Waals surface area contributed by atoms with Gasteiger partial charge in [-0.25, -0.2) is 0 Å². The van der Waals surface area contributed by atoms with Crippen LogP contribution >= 0.6 is 11.8 Å². The Morgan fingerprint density at radius 3 is 2.65 bits per heavy atom. The van der Waals surface area contributed by atoms with Gasteiger partial charge in [-0.15, -0.1) is 0 Å². The molecule has 0 amide bonds. The Bertz CT molecular complexity index is 467. The SMILES string of the molecule is C[C@@H]1SCCN(C[C@H](O)CN2CCOCC2)[C@H]1c1ccccc1. The van der Waals surface area contributed by atoms with E-state index in [9.17, 15) is 5.11 Å². The van der Waals surface area contributed by atoms with E-state index < -0.39 is 0 Å². The van der Waals surface area contributed by atoms with Crippen molar-refractivity contribution >= 4 is 11.8 Å². The highest BCUT2D eigenvalue weighted by molar-refractivity contribution is 8.00. The van der Waals surface area contributed by atoms with Gasteiger partial charge in [-0.05, 0) is 5.56 Å². The van der Waals surface area contributed by atoms with Crippen molar-refractivity contribution in [1.82, 2.24) is 9.80 Å². The van der Waals surface area contributed by atoms with E-state index in [0.717, 1.165) is 51.7 Å². The van der Waals surface area contributed by atoms with Gasteiger partial charge in [-0.2, -0.15) is 11.8 Å². The molecule has 1 aromatic carbocycles. The monoisotopic (exact) mass is 336 g/mol. The Morgan fingerprint density at radius 1 is 1.17 bits per heavy atom. The first-order chi connectivity index (χ1) is 11.2. The Balaban J connectivity index is 1.61. The molecule has 2 saturated heterocycles. The van der Waals surface area contributed by atoms with Gasteiger partial charge in [0.25, 0.3) is 0 Å². The Hall–Kier alpha value is -0.590. The molecule has 2 aliphatic heterocycles. The molecule has 0 aromatic heterocycles. The van der Waals surface area contributed by atoms with Crippen molar-refractivity contribution in [3.63, 3.8) is 0 Å². The molecule has 1 aromatic rings. The third-order valence-corrected chi connectivity index (χ3v) is 5.96. The number of hydrogen-bond donors (Lipinski definition) is 1. The number of benzene rings is 1. The molecule has 0 radical (unpaired) electrons. The molecule has 2 fully saturated rings. The van der Waals surface area contributed by atoms with Crippen LogP contribution in [0.3, 0.4) is 0 Å². The fraction of sp³-hybridized carbons (Fsp3) is 0.667. The molecule has 3 atom stereocenters. The van der Waals surface area contributed by atoms with Gasteiger partial charge >= 0.3 is 0 Å². The summed E-state index contributed by atoms with van der Waals surface area (Å²) in [6, 6.07) is 11.1. The van der Waals surface area contributed by atoms with Crippen LogP contribution in [0, 0.1) is 0 Å². The van der Waals surface area contributed by atoms with E-state index in [-0.39, 0.29) is 6.10 Å².